The summed E-state index contributed by atoms with van der Waals surface area (Å²) in [4.78, 5) is 14.3. The average molecular weight is 245 g/mol. The molecule has 18 heavy (non-hydrogen) atoms. The summed E-state index contributed by atoms with van der Waals surface area (Å²) in [5.74, 6) is 1.16. The molecule has 0 bridgehead atoms. The molecule has 2 heteroatoms. The normalized spacial score (nSPS) is 20.2. The summed E-state index contributed by atoms with van der Waals surface area (Å²) in [7, 11) is 0. The molecule has 1 aromatic rings. The highest BCUT2D eigenvalue weighted by molar-refractivity contribution is 5.82. The zero-order valence-corrected chi connectivity index (χ0v) is 11.3. The molecule has 2 nitrogen and oxygen atoms in total. The summed E-state index contributed by atoms with van der Waals surface area (Å²) < 4.78 is 0. The average Bonchev–Trinajstić information content (AvgIpc) is 2.78. The first kappa shape index (κ1) is 13.3. The Morgan fingerprint density at radius 1 is 1.33 bits per heavy atom. The number of Topliss-reactive ketones (excluding diaryl/α,β-unsaturated/α-hetero) is 1. The maximum absolute atomic E-state index is 12.0. The highest BCUT2D eigenvalue weighted by Crippen LogP contribution is 2.20. The van der Waals surface area contributed by atoms with Crippen LogP contribution >= 0.6 is 0 Å². The van der Waals surface area contributed by atoms with Gasteiger partial charge in [0.2, 0.25) is 0 Å². The van der Waals surface area contributed by atoms with E-state index in [1.165, 1.54) is 19.3 Å². The molecule has 1 aliphatic heterocycles. The van der Waals surface area contributed by atoms with Crippen LogP contribution in [0.3, 0.4) is 0 Å². The zero-order chi connectivity index (χ0) is 12.8. The molecule has 0 aliphatic carbocycles. The number of ketones is 1. The number of nitrogens with zero attached hydrogens (tertiary/aromatic N) is 1. The van der Waals surface area contributed by atoms with E-state index in [1.54, 1.807) is 0 Å². The molecule has 1 fully saturated rings. The third-order valence-corrected chi connectivity index (χ3v) is 3.71. The summed E-state index contributed by atoms with van der Waals surface area (Å²) >= 11 is 0. The lowest BCUT2D eigenvalue weighted by molar-refractivity contribution is -0.119. The molecule has 0 spiro atoms. The van der Waals surface area contributed by atoms with Crippen LogP contribution in [0.5, 0.6) is 0 Å². The molecular weight excluding hydrogens is 222 g/mol. The van der Waals surface area contributed by atoms with Gasteiger partial charge in [0.25, 0.3) is 0 Å². The van der Waals surface area contributed by atoms with E-state index >= 15 is 0 Å². The topological polar surface area (TPSA) is 20.3 Å². The minimum atomic E-state index is 0.346. The number of carbonyl (C=O) groups is 1. The molecule has 0 radical (unpaired) electrons. The Kier molecular flexibility index (Phi) is 4.94. The number of likely N-dealkylation sites (tertiary alicyclic amines) is 1. The largest absolute Gasteiger partial charge is 0.298 e. The molecular formula is C16H23NO. The van der Waals surface area contributed by atoms with Gasteiger partial charge in [0.05, 0.1) is 6.54 Å². The molecule has 1 heterocycles. The number of rotatable bonds is 6. The van der Waals surface area contributed by atoms with Crippen LogP contribution in [0.15, 0.2) is 30.3 Å². The molecule has 1 aliphatic rings. The van der Waals surface area contributed by atoms with Crippen molar-refractivity contribution >= 4 is 5.78 Å². The van der Waals surface area contributed by atoms with Gasteiger partial charge in [0.15, 0.2) is 5.78 Å². The van der Waals surface area contributed by atoms with Crippen LogP contribution < -0.4 is 0 Å². The van der Waals surface area contributed by atoms with Crippen LogP contribution in [-0.4, -0.2) is 30.3 Å². The van der Waals surface area contributed by atoms with Crippen LogP contribution in [0.25, 0.3) is 0 Å². The molecule has 0 N–H and O–H groups in total. The van der Waals surface area contributed by atoms with Gasteiger partial charge in [0, 0.05) is 13.0 Å². The first-order valence-corrected chi connectivity index (χ1v) is 7.06. The second-order valence-electron chi connectivity index (χ2n) is 5.38. The lowest BCUT2D eigenvalue weighted by Gasteiger charge is -2.14. The van der Waals surface area contributed by atoms with E-state index in [2.05, 4.69) is 11.8 Å². The molecule has 0 saturated carbocycles. The van der Waals surface area contributed by atoms with Crippen molar-refractivity contribution in [1.82, 2.24) is 4.90 Å². The van der Waals surface area contributed by atoms with E-state index in [-0.39, 0.29) is 0 Å². The molecule has 98 valence electrons. The van der Waals surface area contributed by atoms with Crippen LogP contribution in [-0.2, 0) is 11.2 Å². The van der Waals surface area contributed by atoms with Crippen molar-refractivity contribution < 1.29 is 4.79 Å². The molecule has 0 amide bonds. The van der Waals surface area contributed by atoms with Gasteiger partial charge < -0.3 is 0 Å². The van der Waals surface area contributed by atoms with Gasteiger partial charge in [-0.05, 0) is 30.9 Å². The number of carbonyl (C=O) groups excluding carboxylic acids is 1. The van der Waals surface area contributed by atoms with Gasteiger partial charge in [-0.3, -0.25) is 9.69 Å². The van der Waals surface area contributed by atoms with Crippen LogP contribution in [0.2, 0.25) is 0 Å². The monoisotopic (exact) mass is 245 g/mol. The first-order chi connectivity index (χ1) is 8.78. The third kappa shape index (κ3) is 3.95. The van der Waals surface area contributed by atoms with Gasteiger partial charge in [-0.1, -0.05) is 43.7 Å². The summed E-state index contributed by atoms with van der Waals surface area (Å²) in [5, 5.41) is 0. The smallest absolute Gasteiger partial charge is 0.151 e. The fourth-order valence-corrected chi connectivity index (χ4v) is 2.83. The second-order valence-corrected chi connectivity index (χ2v) is 5.38. The molecule has 2 rings (SSSR count). The Hall–Kier alpha value is -1.15. The minimum Gasteiger partial charge on any atom is -0.298 e. The van der Waals surface area contributed by atoms with Crippen molar-refractivity contribution in [3.63, 3.8) is 0 Å². The molecule has 1 saturated heterocycles. The van der Waals surface area contributed by atoms with Gasteiger partial charge in [-0.25, -0.2) is 0 Å². The van der Waals surface area contributed by atoms with Gasteiger partial charge in [0.1, 0.15) is 0 Å². The minimum absolute atomic E-state index is 0.346. The summed E-state index contributed by atoms with van der Waals surface area (Å²) in [6.45, 7) is 5.10. The fourth-order valence-electron chi connectivity index (χ4n) is 2.83. The second kappa shape index (κ2) is 6.69. The number of hydrogen-bond acceptors (Lipinski definition) is 2. The van der Waals surface area contributed by atoms with Gasteiger partial charge in [-0.15, -0.1) is 0 Å². The van der Waals surface area contributed by atoms with Gasteiger partial charge >= 0.3 is 0 Å². The van der Waals surface area contributed by atoms with Gasteiger partial charge in [-0.2, -0.15) is 0 Å². The number of hydrogen-bond donors (Lipinski definition) is 0. The van der Waals surface area contributed by atoms with Crippen LogP contribution in [0, 0.1) is 5.92 Å². The van der Waals surface area contributed by atoms with E-state index in [0.717, 1.165) is 24.6 Å². The van der Waals surface area contributed by atoms with Crippen LogP contribution in [0.1, 0.15) is 31.7 Å². The first-order valence-electron chi connectivity index (χ1n) is 7.06. The molecule has 1 atom stereocenters. The number of benzene rings is 1. The van der Waals surface area contributed by atoms with E-state index < -0.39 is 0 Å². The summed E-state index contributed by atoms with van der Waals surface area (Å²) in [6, 6.07) is 10.0. The molecule has 1 aromatic carbocycles. The fraction of sp³-hybridized carbons (Fsp3) is 0.562. The predicted octanol–water partition coefficient (Wildman–Crippen LogP) is 2.92. The maximum Gasteiger partial charge on any atom is 0.151 e. The third-order valence-electron chi connectivity index (χ3n) is 3.71. The quantitative estimate of drug-likeness (QED) is 0.768. The van der Waals surface area contributed by atoms with Crippen molar-refractivity contribution in [2.24, 2.45) is 5.92 Å². The van der Waals surface area contributed by atoms with Crippen molar-refractivity contribution in [3.8, 4) is 0 Å². The van der Waals surface area contributed by atoms with Crippen molar-refractivity contribution in [2.75, 3.05) is 19.6 Å². The SMILES string of the molecule is CCCC1CCN(CC(=O)Cc2ccccc2)C1. The standard InChI is InChI=1S/C16H23NO/c1-2-6-15-9-10-17(12-15)13-16(18)11-14-7-4-3-5-8-14/h3-5,7-8,15H,2,6,9-13H2,1H3. The van der Waals surface area contributed by atoms with E-state index in [0.29, 0.717) is 18.7 Å². The Morgan fingerprint density at radius 3 is 2.83 bits per heavy atom. The molecule has 1 unspecified atom stereocenters. The Balaban J connectivity index is 1.75. The summed E-state index contributed by atoms with van der Waals surface area (Å²) in [5.41, 5.74) is 1.13. The Labute approximate surface area is 110 Å². The molecule has 0 aromatic heterocycles. The highest BCUT2D eigenvalue weighted by Gasteiger charge is 2.22. The van der Waals surface area contributed by atoms with E-state index in [4.69, 9.17) is 0 Å². The maximum atomic E-state index is 12.0. The van der Waals surface area contributed by atoms with Crippen molar-refractivity contribution in [2.45, 2.75) is 32.6 Å². The lowest BCUT2D eigenvalue weighted by atomic mass is 10.0. The summed E-state index contributed by atoms with van der Waals surface area (Å²) in [6.07, 6.45) is 4.42. The zero-order valence-electron chi connectivity index (χ0n) is 11.3. The van der Waals surface area contributed by atoms with Crippen LogP contribution in [0.4, 0.5) is 0 Å². The van der Waals surface area contributed by atoms with E-state index in [9.17, 15) is 4.79 Å². The van der Waals surface area contributed by atoms with Crippen molar-refractivity contribution in [3.05, 3.63) is 35.9 Å². The van der Waals surface area contributed by atoms with Crippen molar-refractivity contribution in [1.29, 1.82) is 0 Å². The predicted molar refractivity (Wildman–Crippen MR) is 74.6 cm³/mol. The van der Waals surface area contributed by atoms with E-state index in [1.807, 2.05) is 30.3 Å². The highest BCUT2D eigenvalue weighted by atomic mass is 16.1. The Morgan fingerprint density at radius 2 is 2.11 bits per heavy atom. The Bertz CT molecular complexity index is 374. The lowest BCUT2D eigenvalue weighted by Crippen LogP contribution is -2.28.